The first-order valence-corrected chi connectivity index (χ1v) is 13.0. The van der Waals surface area contributed by atoms with Crippen LogP contribution in [0.15, 0.2) is 77.5 Å². The maximum atomic E-state index is 13.1. The summed E-state index contributed by atoms with van der Waals surface area (Å²) in [7, 11) is 0. The summed E-state index contributed by atoms with van der Waals surface area (Å²) in [5, 5.41) is 15.3. The molecular formula is C25H18ClFN6OS2. The molecule has 5 rings (SSSR count). The summed E-state index contributed by atoms with van der Waals surface area (Å²) in [6.07, 6.45) is 3.44. The number of hydrogen-bond acceptors (Lipinski definition) is 7. The Morgan fingerprint density at radius 3 is 2.78 bits per heavy atom. The molecule has 0 atom stereocenters. The number of thioether (sulfide) groups is 1. The van der Waals surface area contributed by atoms with Crippen molar-refractivity contribution in [3.63, 3.8) is 0 Å². The van der Waals surface area contributed by atoms with E-state index >= 15 is 0 Å². The van der Waals surface area contributed by atoms with E-state index in [2.05, 4.69) is 25.5 Å². The summed E-state index contributed by atoms with van der Waals surface area (Å²) in [6.45, 7) is 2.00. The molecule has 180 valence electrons. The number of hydrogen-bond donors (Lipinski definition) is 1. The van der Waals surface area contributed by atoms with Crippen LogP contribution in [0.3, 0.4) is 0 Å². The number of aromatic nitrogens is 5. The minimum atomic E-state index is -0.367. The maximum absolute atomic E-state index is 13.1. The van der Waals surface area contributed by atoms with Crippen molar-refractivity contribution in [3.8, 4) is 17.1 Å². The molecule has 0 aliphatic rings. The molecule has 7 nitrogen and oxygen atoms in total. The Morgan fingerprint density at radius 1 is 1.17 bits per heavy atom. The molecule has 11 heteroatoms. The van der Waals surface area contributed by atoms with Gasteiger partial charge in [0.05, 0.1) is 11.4 Å². The lowest BCUT2D eigenvalue weighted by Crippen LogP contribution is -2.12. The quantitative estimate of drug-likeness (QED) is 0.241. The fraction of sp³-hybridized carbons (Fsp3) is 0.0800. The molecule has 5 aromatic rings. The van der Waals surface area contributed by atoms with Crippen molar-refractivity contribution in [1.29, 1.82) is 0 Å². The van der Waals surface area contributed by atoms with Crippen LogP contribution in [0.4, 0.5) is 10.1 Å². The van der Waals surface area contributed by atoms with E-state index in [1.54, 1.807) is 17.8 Å². The van der Waals surface area contributed by atoms with Crippen LogP contribution < -0.4 is 5.32 Å². The van der Waals surface area contributed by atoms with E-state index in [0.29, 0.717) is 33.1 Å². The SMILES string of the molecule is Cc1ccc(Cl)cc1-n1c(SCc2nc(C(=O)Nc3ccc(F)cc3)cs2)nnc1-c1cccnc1. The fourth-order valence-corrected chi connectivity index (χ4v) is 5.33. The minimum absolute atomic E-state index is 0.295. The maximum Gasteiger partial charge on any atom is 0.275 e. The van der Waals surface area contributed by atoms with E-state index in [9.17, 15) is 9.18 Å². The first kappa shape index (κ1) is 24.1. The van der Waals surface area contributed by atoms with E-state index in [1.807, 2.05) is 41.8 Å². The molecule has 1 amide bonds. The molecule has 1 N–H and O–H groups in total. The van der Waals surface area contributed by atoms with Crippen LogP contribution in [-0.2, 0) is 5.75 Å². The van der Waals surface area contributed by atoms with Gasteiger partial charge in [0.15, 0.2) is 11.0 Å². The molecule has 0 saturated heterocycles. The van der Waals surface area contributed by atoms with Gasteiger partial charge in [-0.3, -0.25) is 14.3 Å². The number of rotatable bonds is 7. The number of thiazole rings is 1. The Bertz CT molecular complexity index is 1520. The summed E-state index contributed by atoms with van der Waals surface area (Å²) < 4.78 is 15.1. The Hall–Kier alpha value is -3.60. The average Bonchev–Trinajstić information content (AvgIpc) is 3.53. The second-order valence-electron chi connectivity index (χ2n) is 7.69. The Kier molecular flexibility index (Phi) is 7.08. The lowest BCUT2D eigenvalue weighted by atomic mass is 10.2. The van der Waals surface area contributed by atoms with Gasteiger partial charge < -0.3 is 5.32 Å². The Morgan fingerprint density at radius 2 is 2.00 bits per heavy atom. The Balaban J connectivity index is 1.38. The highest BCUT2D eigenvalue weighted by Gasteiger charge is 2.19. The third-order valence-electron chi connectivity index (χ3n) is 5.18. The van der Waals surface area contributed by atoms with Gasteiger partial charge in [0.25, 0.3) is 5.91 Å². The van der Waals surface area contributed by atoms with Gasteiger partial charge in [0.1, 0.15) is 16.5 Å². The van der Waals surface area contributed by atoms with Crippen LogP contribution in [0.2, 0.25) is 5.02 Å². The van der Waals surface area contributed by atoms with E-state index in [-0.39, 0.29) is 11.7 Å². The standard InChI is InChI=1S/C25H18ClFN6OS2/c1-15-4-5-17(26)11-21(15)33-23(16-3-2-10-28-12-16)31-32-25(33)36-14-22-30-20(13-35-22)24(34)29-19-8-6-18(27)7-9-19/h2-13H,14H2,1H3,(H,29,34). The van der Waals surface area contributed by atoms with Crippen LogP contribution in [0.1, 0.15) is 21.1 Å². The summed E-state index contributed by atoms with van der Waals surface area (Å²) in [4.78, 5) is 21.2. The van der Waals surface area contributed by atoms with Crippen LogP contribution in [0.25, 0.3) is 17.1 Å². The van der Waals surface area contributed by atoms with Gasteiger partial charge in [-0.15, -0.1) is 21.5 Å². The predicted octanol–water partition coefficient (Wildman–Crippen LogP) is 6.43. The number of carbonyl (C=O) groups excluding carboxylic acids is 1. The molecule has 0 fully saturated rings. The van der Waals surface area contributed by atoms with Gasteiger partial charge in [0.2, 0.25) is 0 Å². The van der Waals surface area contributed by atoms with Crippen molar-refractivity contribution in [1.82, 2.24) is 24.7 Å². The van der Waals surface area contributed by atoms with Crippen molar-refractivity contribution in [2.45, 2.75) is 17.8 Å². The third kappa shape index (κ3) is 5.30. The minimum Gasteiger partial charge on any atom is -0.321 e. The average molecular weight is 537 g/mol. The molecular weight excluding hydrogens is 519 g/mol. The first-order chi connectivity index (χ1) is 17.5. The van der Waals surface area contributed by atoms with Gasteiger partial charge in [-0.1, -0.05) is 29.4 Å². The molecule has 3 aromatic heterocycles. The number of benzene rings is 2. The first-order valence-electron chi connectivity index (χ1n) is 10.7. The molecule has 0 bridgehead atoms. The molecule has 0 aliphatic carbocycles. The number of anilines is 1. The largest absolute Gasteiger partial charge is 0.321 e. The van der Waals surface area contributed by atoms with Gasteiger partial charge >= 0.3 is 0 Å². The lowest BCUT2D eigenvalue weighted by molar-refractivity contribution is 0.102. The van der Waals surface area contributed by atoms with Crippen LogP contribution >= 0.6 is 34.7 Å². The molecule has 0 saturated carbocycles. The van der Waals surface area contributed by atoms with Crippen molar-refractivity contribution >= 4 is 46.3 Å². The number of amides is 1. The molecule has 36 heavy (non-hydrogen) atoms. The summed E-state index contributed by atoms with van der Waals surface area (Å²) in [5.41, 5.74) is 3.50. The number of halogens is 2. The van der Waals surface area contributed by atoms with Gasteiger partial charge in [-0.2, -0.15) is 0 Å². The zero-order chi connectivity index (χ0) is 25.1. The van der Waals surface area contributed by atoms with E-state index in [1.165, 1.54) is 47.4 Å². The predicted molar refractivity (Wildman–Crippen MR) is 140 cm³/mol. The highest BCUT2D eigenvalue weighted by molar-refractivity contribution is 7.98. The topological polar surface area (TPSA) is 85.6 Å². The summed E-state index contributed by atoms with van der Waals surface area (Å²) in [5.74, 6) is 0.410. The van der Waals surface area contributed by atoms with E-state index in [0.717, 1.165) is 21.8 Å². The summed E-state index contributed by atoms with van der Waals surface area (Å²) in [6, 6.07) is 15.0. The van der Waals surface area contributed by atoms with E-state index < -0.39 is 0 Å². The highest BCUT2D eigenvalue weighted by atomic mass is 35.5. The van der Waals surface area contributed by atoms with Gasteiger partial charge in [-0.25, -0.2) is 9.37 Å². The van der Waals surface area contributed by atoms with Crippen molar-refractivity contribution in [3.05, 3.63) is 99.5 Å². The smallest absolute Gasteiger partial charge is 0.275 e. The molecule has 3 heterocycles. The van der Waals surface area contributed by atoms with Crippen LogP contribution in [-0.4, -0.2) is 30.6 Å². The van der Waals surface area contributed by atoms with Crippen molar-refractivity contribution < 1.29 is 9.18 Å². The zero-order valence-electron chi connectivity index (χ0n) is 18.9. The monoisotopic (exact) mass is 536 g/mol. The number of nitrogens with zero attached hydrogens (tertiary/aromatic N) is 5. The lowest BCUT2D eigenvalue weighted by Gasteiger charge is -2.13. The fourth-order valence-electron chi connectivity index (χ4n) is 3.42. The molecule has 0 spiro atoms. The zero-order valence-corrected chi connectivity index (χ0v) is 21.2. The third-order valence-corrected chi connectivity index (χ3v) is 7.38. The number of pyridine rings is 1. The normalized spacial score (nSPS) is 11.0. The second-order valence-corrected chi connectivity index (χ2v) is 10.0. The highest BCUT2D eigenvalue weighted by Crippen LogP contribution is 2.32. The molecule has 2 aromatic carbocycles. The van der Waals surface area contributed by atoms with E-state index in [4.69, 9.17) is 11.6 Å². The molecule has 0 unspecified atom stereocenters. The second kappa shape index (κ2) is 10.6. The number of nitrogens with one attached hydrogen (secondary N) is 1. The van der Waals surface area contributed by atoms with Gasteiger partial charge in [0, 0.05) is 34.0 Å². The molecule has 0 aliphatic heterocycles. The summed E-state index contributed by atoms with van der Waals surface area (Å²) >= 11 is 9.15. The number of aryl methyl sites for hydroxylation is 1. The van der Waals surface area contributed by atoms with Crippen molar-refractivity contribution in [2.75, 3.05) is 5.32 Å². The van der Waals surface area contributed by atoms with Gasteiger partial charge in [-0.05, 0) is 61.0 Å². The Labute approximate surface area is 219 Å². The number of carbonyl (C=O) groups is 1. The van der Waals surface area contributed by atoms with Crippen LogP contribution in [0, 0.1) is 12.7 Å². The van der Waals surface area contributed by atoms with Crippen molar-refractivity contribution in [2.24, 2.45) is 0 Å². The van der Waals surface area contributed by atoms with Crippen LogP contribution in [0.5, 0.6) is 0 Å². The molecule has 0 radical (unpaired) electrons.